The van der Waals surface area contributed by atoms with Crippen LogP contribution in [0.4, 0.5) is 4.39 Å². The average molecular weight is 386 g/mol. The summed E-state index contributed by atoms with van der Waals surface area (Å²) in [5, 5.41) is 0. The lowest BCUT2D eigenvalue weighted by molar-refractivity contribution is 0.246. The van der Waals surface area contributed by atoms with Crippen molar-refractivity contribution in [2.24, 2.45) is 0 Å². The number of rotatable bonds is 5. The summed E-state index contributed by atoms with van der Waals surface area (Å²) in [5.41, 5.74) is 3.98. The van der Waals surface area contributed by atoms with E-state index in [9.17, 15) is 4.39 Å². The molecule has 1 atom stereocenters. The van der Waals surface area contributed by atoms with E-state index < -0.39 is 0 Å². The van der Waals surface area contributed by atoms with Gasteiger partial charge in [-0.1, -0.05) is 18.2 Å². The van der Waals surface area contributed by atoms with E-state index in [0.29, 0.717) is 6.61 Å². The lowest BCUT2D eigenvalue weighted by Gasteiger charge is -2.21. The van der Waals surface area contributed by atoms with Gasteiger partial charge in [-0.3, -0.25) is 0 Å². The lowest BCUT2D eigenvalue weighted by Crippen LogP contribution is -2.11. The van der Waals surface area contributed by atoms with E-state index in [1.807, 2.05) is 59.1 Å². The van der Waals surface area contributed by atoms with Gasteiger partial charge in [0.25, 0.3) is 0 Å². The van der Waals surface area contributed by atoms with Crippen molar-refractivity contribution in [2.75, 3.05) is 6.61 Å². The predicted octanol–water partition coefficient (Wildman–Crippen LogP) is 5.24. The number of benzene rings is 2. The molecule has 0 saturated carbocycles. The fourth-order valence-corrected chi connectivity index (χ4v) is 3.43. The predicted molar refractivity (Wildman–Crippen MR) is 110 cm³/mol. The zero-order valence-corrected chi connectivity index (χ0v) is 15.7. The number of fused-ring (bicyclic) bond motifs is 2. The van der Waals surface area contributed by atoms with Gasteiger partial charge in [0.15, 0.2) is 6.10 Å². The van der Waals surface area contributed by atoms with E-state index in [1.54, 1.807) is 18.5 Å². The van der Waals surface area contributed by atoms with Gasteiger partial charge >= 0.3 is 0 Å². The maximum absolute atomic E-state index is 13.0. The van der Waals surface area contributed by atoms with Crippen molar-refractivity contribution in [1.82, 2.24) is 9.38 Å². The van der Waals surface area contributed by atoms with Crippen molar-refractivity contribution < 1.29 is 13.9 Å². The summed E-state index contributed by atoms with van der Waals surface area (Å²) in [6.45, 7) is 0.527. The van der Waals surface area contributed by atoms with Gasteiger partial charge in [-0.05, 0) is 60.2 Å². The van der Waals surface area contributed by atoms with E-state index in [-0.39, 0.29) is 11.9 Å². The van der Waals surface area contributed by atoms with Crippen molar-refractivity contribution in [2.45, 2.75) is 12.5 Å². The van der Waals surface area contributed by atoms with Crippen LogP contribution in [-0.2, 0) is 6.42 Å². The summed E-state index contributed by atoms with van der Waals surface area (Å²) < 4.78 is 26.9. The van der Waals surface area contributed by atoms with Gasteiger partial charge in [-0.15, -0.1) is 0 Å². The molecule has 1 aliphatic heterocycles. The molecular weight excluding hydrogens is 367 g/mol. The van der Waals surface area contributed by atoms with Crippen molar-refractivity contribution in [3.63, 3.8) is 0 Å². The number of halogens is 1. The van der Waals surface area contributed by atoms with E-state index in [1.165, 1.54) is 12.1 Å². The van der Waals surface area contributed by atoms with Crippen molar-refractivity contribution in [3.05, 3.63) is 102 Å². The highest BCUT2D eigenvalue weighted by atomic mass is 19.1. The van der Waals surface area contributed by atoms with Crippen LogP contribution in [0, 0.1) is 5.82 Å². The molecule has 144 valence electrons. The molecule has 2 aromatic carbocycles. The van der Waals surface area contributed by atoms with Gasteiger partial charge in [0.05, 0.1) is 18.6 Å². The van der Waals surface area contributed by atoms with Crippen molar-refractivity contribution in [3.8, 4) is 11.5 Å². The van der Waals surface area contributed by atoms with Crippen molar-refractivity contribution in [1.29, 1.82) is 0 Å². The topological polar surface area (TPSA) is 35.8 Å². The summed E-state index contributed by atoms with van der Waals surface area (Å²) in [6, 6.07) is 18.4. The van der Waals surface area contributed by atoms with E-state index in [2.05, 4.69) is 4.98 Å². The van der Waals surface area contributed by atoms with Crippen LogP contribution in [0.3, 0.4) is 0 Å². The Morgan fingerprint density at radius 3 is 2.86 bits per heavy atom. The Kier molecular flexibility index (Phi) is 4.48. The maximum Gasteiger partial charge on any atom is 0.159 e. The summed E-state index contributed by atoms with van der Waals surface area (Å²) in [4.78, 5) is 4.51. The van der Waals surface area contributed by atoms with E-state index in [0.717, 1.165) is 40.3 Å². The van der Waals surface area contributed by atoms with E-state index in [4.69, 9.17) is 9.47 Å². The van der Waals surface area contributed by atoms with Gasteiger partial charge in [0.1, 0.15) is 17.3 Å². The second-order valence-corrected chi connectivity index (χ2v) is 6.98. The molecule has 4 nitrogen and oxygen atoms in total. The molecule has 5 rings (SSSR count). The molecule has 1 unspecified atom stereocenters. The van der Waals surface area contributed by atoms with Crippen LogP contribution in [-0.4, -0.2) is 16.0 Å². The molecule has 0 aliphatic carbocycles. The minimum absolute atomic E-state index is 0.215. The summed E-state index contributed by atoms with van der Waals surface area (Å²) >= 11 is 0. The molecule has 0 radical (unpaired) electrons. The maximum atomic E-state index is 13.0. The number of hydrogen-bond donors (Lipinski definition) is 0. The molecule has 0 spiro atoms. The lowest BCUT2D eigenvalue weighted by atomic mass is 10.1. The van der Waals surface area contributed by atoms with Crippen LogP contribution < -0.4 is 9.47 Å². The highest BCUT2D eigenvalue weighted by Crippen LogP contribution is 2.34. The molecule has 4 aromatic rings. The van der Waals surface area contributed by atoms with Gasteiger partial charge in [0.2, 0.25) is 0 Å². The summed E-state index contributed by atoms with van der Waals surface area (Å²) in [5.74, 6) is 1.36. The third-order valence-corrected chi connectivity index (χ3v) is 4.99. The minimum atomic E-state index is -0.224. The molecule has 0 bridgehead atoms. The number of hydrogen-bond acceptors (Lipinski definition) is 3. The molecule has 0 saturated heterocycles. The highest BCUT2D eigenvalue weighted by molar-refractivity contribution is 5.62. The van der Waals surface area contributed by atoms with Crippen LogP contribution in [0.2, 0.25) is 0 Å². The Morgan fingerprint density at radius 1 is 1.07 bits per heavy atom. The Balaban J connectivity index is 1.25. The van der Waals surface area contributed by atoms with Crippen LogP contribution in [0.15, 0.2) is 79.3 Å². The average Bonchev–Trinajstić information content (AvgIpc) is 3.23. The van der Waals surface area contributed by atoms with Crippen molar-refractivity contribution >= 4 is 11.6 Å². The largest absolute Gasteiger partial charge is 0.493 e. The fraction of sp³-hybridized carbons (Fsp3) is 0.125. The molecule has 5 heteroatoms. The smallest absolute Gasteiger partial charge is 0.159 e. The number of aromatic nitrogens is 2. The molecule has 0 fully saturated rings. The quantitative estimate of drug-likeness (QED) is 0.470. The van der Waals surface area contributed by atoms with Crippen LogP contribution >= 0.6 is 0 Å². The van der Waals surface area contributed by atoms with Crippen LogP contribution in [0.1, 0.15) is 22.9 Å². The number of ether oxygens (including phenoxy) is 2. The Labute approximate surface area is 167 Å². The first-order chi connectivity index (χ1) is 14.2. The molecule has 0 N–H and O–H groups in total. The first-order valence-corrected chi connectivity index (χ1v) is 9.53. The second-order valence-electron chi connectivity index (χ2n) is 6.98. The third kappa shape index (κ3) is 3.72. The SMILES string of the molecule is Fc1ccc(CCOc2ccc3c(c2)C=CC(c2cc4cccn4cn2)O3)cc1. The second kappa shape index (κ2) is 7.43. The first kappa shape index (κ1) is 17.5. The molecular formula is C24H19FN2O2. The summed E-state index contributed by atoms with van der Waals surface area (Å²) in [6.07, 6.45) is 8.32. The molecule has 1 aliphatic rings. The fourth-order valence-electron chi connectivity index (χ4n) is 3.43. The van der Waals surface area contributed by atoms with Crippen LogP contribution in [0.25, 0.3) is 11.6 Å². The third-order valence-electron chi connectivity index (χ3n) is 4.99. The standard InChI is InChI=1S/C24H19FN2O2/c25-19-6-3-17(4-7-19)11-13-28-21-8-10-23-18(14-21)5-9-24(29-23)22-15-20-2-1-12-27(20)16-26-22/h1-10,12,14-16,24H,11,13H2. The van der Waals surface area contributed by atoms with Gasteiger partial charge in [0, 0.05) is 23.7 Å². The normalized spacial score (nSPS) is 15.1. The van der Waals surface area contributed by atoms with Gasteiger partial charge in [-0.25, -0.2) is 9.37 Å². The highest BCUT2D eigenvalue weighted by Gasteiger charge is 2.18. The summed E-state index contributed by atoms with van der Waals surface area (Å²) in [7, 11) is 0. The Hall–Kier alpha value is -3.60. The first-order valence-electron chi connectivity index (χ1n) is 9.53. The molecule has 3 heterocycles. The van der Waals surface area contributed by atoms with E-state index >= 15 is 0 Å². The minimum Gasteiger partial charge on any atom is -0.493 e. The zero-order valence-electron chi connectivity index (χ0n) is 15.7. The molecule has 0 amide bonds. The molecule has 2 aromatic heterocycles. The van der Waals surface area contributed by atoms with Gasteiger partial charge in [-0.2, -0.15) is 0 Å². The zero-order chi connectivity index (χ0) is 19.6. The Morgan fingerprint density at radius 2 is 1.97 bits per heavy atom. The monoisotopic (exact) mass is 386 g/mol. The van der Waals surface area contributed by atoms with Crippen LogP contribution in [0.5, 0.6) is 11.5 Å². The Bertz CT molecular complexity index is 1180. The number of nitrogens with zero attached hydrogens (tertiary/aromatic N) is 2. The van der Waals surface area contributed by atoms with Gasteiger partial charge < -0.3 is 13.9 Å². The molecule has 29 heavy (non-hydrogen) atoms.